The fraction of sp³-hybridized carbons (Fsp3) is 0.111. The van der Waals surface area contributed by atoms with Crippen molar-refractivity contribution in [1.82, 2.24) is 4.57 Å². The first-order valence-electron chi connectivity index (χ1n) is 10.7. The molecule has 1 amide bonds. The molecular formula is C27H25N2O2Si+. The lowest BCUT2D eigenvalue weighted by Gasteiger charge is -2.14. The van der Waals surface area contributed by atoms with Crippen LogP contribution in [0.5, 0.6) is 5.75 Å². The molecule has 0 atom stereocenters. The van der Waals surface area contributed by atoms with Crippen molar-refractivity contribution in [3.63, 3.8) is 0 Å². The number of rotatable bonds is 4. The van der Waals surface area contributed by atoms with Gasteiger partial charge < -0.3 is 5.11 Å². The van der Waals surface area contributed by atoms with Crippen LogP contribution in [0.2, 0.25) is 19.6 Å². The summed E-state index contributed by atoms with van der Waals surface area (Å²) in [6, 6.07) is 27.4. The molecule has 0 spiro atoms. The molecule has 32 heavy (non-hydrogen) atoms. The van der Waals surface area contributed by atoms with Crippen molar-refractivity contribution in [2.45, 2.75) is 19.6 Å². The fourth-order valence-electron chi connectivity index (χ4n) is 4.27. The Balaban J connectivity index is 1.70. The predicted molar refractivity (Wildman–Crippen MR) is 132 cm³/mol. The minimum Gasteiger partial charge on any atom is -0.507 e. The zero-order valence-corrected chi connectivity index (χ0v) is 19.4. The van der Waals surface area contributed by atoms with Crippen LogP contribution in [0.1, 0.15) is 5.69 Å². The molecule has 0 unspecified atom stereocenters. The molecule has 158 valence electrons. The molecule has 0 radical (unpaired) electrons. The van der Waals surface area contributed by atoms with E-state index in [1.54, 1.807) is 4.58 Å². The normalized spacial score (nSPS) is 13.2. The molecule has 1 N–H and O–H groups in total. The highest BCUT2D eigenvalue weighted by atomic mass is 28.3. The van der Waals surface area contributed by atoms with E-state index >= 15 is 0 Å². The molecule has 0 fully saturated rings. The zero-order chi connectivity index (χ0) is 22.5. The number of phenols is 1. The third kappa shape index (κ3) is 3.31. The van der Waals surface area contributed by atoms with Gasteiger partial charge in [0.25, 0.3) is 0 Å². The maximum absolute atomic E-state index is 13.5. The van der Waals surface area contributed by atoms with Gasteiger partial charge in [0, 0.05) is 11.1 Å². The Bertz CT molecular complexity index is 1300. The van der Waals surface area contributed by atoms with Crippen molar-refractivity contribution >= 4 is 31.3 Å². The first-order valence-corrected chi connectivity index (χ1v) is 14.2. The molecule has 1 aliphatic rings. The second-order valence-electron chi connectivity index (χ2n) is 9.13. The second kappa shape index (κ2) is 7.46. The van der Waals surface area contributed by atoms with E-state index in [0.29, 0.717) is 11.1 Å². The molecule has 5 rings (SSSR count). The number of carbonyl (C=O) groups excluding carboxylic acids is 1. The number of fused-ring (bicyclic) bond motifs is 1. The van der Waals surface area contributed by atoms with Crippen LogP contribution in [0.3, 0.4) is 0 Å². The highest BCUT2D eigenvalue weighted by molar-refractivity contribution is 6.88. The summed E-state index contributed by atoms with van der Waals surface area (Å²) in [7, 11) is -1.69. The van der Waals surface area contributed by atoms with Crippen molar-refractivity contribution in [2.75, 3.05) is 0 Å². The van der Waals surface area contributed by atoms with Crippen LogP contribution < -0.4 is 5.32 Å². The minimum atomic E-state index is -1.69. The first-order chi connectivity index (χ1) is 15.3. The number of nitrogens with zero attached hydrogens (tertiary/aromatic N) is 2. The van der Waals surface area contributed by atoms with Crippen LogP contribution in [-0.4, -0.2) is 34.6 Å². The number of carbonyl (C=O) groups is 1. The molecule has 0 saturated carbocycles. The SMILES string of the molecule is C[Si](C)(C)c1ccc2n1C(=O)[N+](c1cc(-c3ccccc3)c(O)c(-c3ccccc3)c1)=C2. The van der Waals surface area contributed by atoms with E-state index in [1.807, 2.05) is 89.6 Å². The second-order valence-corrected chi connectivity index (χ2v) is 14.1. The number of aromatic hydroxyl groups is 1. The quantitative estimate of drug-likeness (QED) is 0.323. The van der Waals surface area contributed by atoms with Gasteiger partial charge in [-0.15, -0.1) is 0 Å². The lowest BCUT2D eigenvalue weighted by atomic mass is 9.96. The average Bonchev–Trinajstić information content (AvgIpc) is 3.35. The highest BCUT2D eigenvalue weighted by Crippen LogP contribution is 2.41. The summed E-state index contributed by atoms with van der Waals surface area (Å²) >= 11 is 0. The van der Waals surface area contributed by atoms with Crippen LogP contribution in [0.25, 0.3) is 22.3 Å². The Morgan fingerprint density at radius 2 is 1.31 bits per heavy atom. The summed E-state index contributed by atoms with van der Waals surface area (Å²) in [5.74, 6) is 0.209. The molecule has 0 saturated heterocycles. The lowest BCUT2D eigenvalue weighted by Crippen LogP contribution is -2.45. The van der Waals surface area contributed by atoms with E-state index in [9.17, 15) is 9.90 Å². The van der Waals surface area contributed by atoms with Gasteiger partial charge in [-0.3, -0.25) is 0 Å². The van der Waals surface area contributed by atoms with Gasteiger partial charge in [0.2, 0.25) is 0 Å². The van der Waals surface area contributed by atoms with E-state index in [-0.39, 0.29) is 11.8 Å². The topological polar surface area (TPSA) is 45.2 Å². The fourth-order valence-corrected chi connectivity index (χ4v) is 5.75. The lowest BCUT2D eigenvalue weighted by molar-refractivity contribution is -0.321. The number of amides is 1. The summed E-state index contributed by atoms with van der Waals surface area (Å²) in [5, 5.41) is 12.3. The smallest absolute Gasteiger partial charge is 0.507 e. The Morgan fingerprint density at radius 3 is 1.81 bits per heavy atom. The minimum absolute atomic E-state index is 0.0776. The third-order valence-corrected chi connectivity index (χ3v) is 7.81. The molecule has 0 bridgehead atoms. The number of benzene rings is 3. The van der Waals surface area contributed by atoms with Gasteiger partial charge in [-0.2, -0.15) is 13.9 Å². The molecule has 4 aromatic rings. The van der Waals surface area contributed by atoms with Crippen molar-refractivity contribution in [3.8, 4) is 28.0 Å². The van der Waals surface area contributed by atoms with E-state index in [4.69, 9.17) is 0 Å². The van der Waals surface area contributed by atoms with Crippen molar-refractivity contribution in [3.05, 3.63) is 90.6 Å². The van der Waals surface area contributed by atoms with Crippen LogP contribution >= 0.6 is 0 Å². The summed E-state index contributed by atoms with van der Waals surface area (Å²) in [5.41, 5.74) is 4.82. The maximum Gasteiger partial charge on any atom is 0.508 e. The van der Waals surface area contributed by atoms with Gasteiger partial charge in [0.05, 0.1) is 5.32 Å². The van der Waals surface area contributed by atoms with E-state index in [2.05, 4.69) is 25.7 Å². The van der Waals surface area contributed by atoms with Crippen molar-refractivity contribution in [1.29, 1.82) is 0 Å². The van der Waals surface area contributed by atoms with Gasteiger partial charge in [0.1, 0.15) is 25.7 Å². The van der Waals surface area contributed by atoms with Gasteiger partial charge in [-0.05, 0) is 35.4 Å². The van der Waals surface area contributed by atoms with Crippen LogP contribution in [0.15, 0.2) is 84.9 Å². The van der Waals surface area contributed by atoms with Crippen molar-refractivity contribution in [2.24, 2.45) is 0 Å². The molecular weight excluding hydrogens is 412 g/mol. The largest absolute Gasteiger partial charge is 0.508 e. The number of hydrogen-bond donors (Lipinski definition) is 1. The Hall–Kier alpha value is -3.70. The number of phenolic OH excluding ortho intramolecular Hbond substituents is 1. The van der Waals surface area contributed by atoms with Gasteiger partial charge in [-0.25, -0.2) is 0 Å². The predicted octanol–water partition coefficient (Wildman–Crippen LogP) is 5.82. The van der Waals surface area contributed by atoms with Crippen molar-refractivity contribution < 1.29 is 14.5 Å². The van der Waals surface area contributed by atoms with Crippen LogP contribution in [-0.2, 0) is 0 Å². The number of hydrogen-bond acceptors (Lipinski definition) is 2. The molecule has 1 aliphatic heterocycles. The zero-order valence-electron chi connectivity index (χ0n) is 18.4. The Kier molecular flexibility index (Phi) is 4.71. The summed E-state index contributed by atoms with van der Waals surface area (Å²) in [6.45, 7) is 6.73. The van der Waals surface area contributed by atoms with Gasteiger partial charge in [-0.1, -0.05) is 80.3 Å². The van der Waals surface area contributed by atoms with Crippen LogP contribution in [0, 0.1) is 0 Å². The first kappa shape index (κ1) is 20.2. The maximum atomic E-state index is 13.5. The molecule has 3 aromatic carbocycles. The summed E-state index contributed by atoms with van der Waals surface area (Å²) in [6.07, 6.45) is 1.89. The highest BCUT2D eigenvalue weighted by Gasteiger charge is 2.39. The summed E-state index contributed by atoms with van der Waals surface area (Å²) < 4.78 is 3.53. The Labute approximate surface area is 188 Å². The molecule has 0 aliphatic carbocycles. The monoisotopic (exact) mass is 437 g/mol. The van der Waals surface area contributed by atoms with Gasteiger partial charge >= 0.3 is 6.03 Å². The number of aromatic nitrogens is 1. The molecule has 1 aromatic heterocycles. The molecule has 4 nitrogen and oxygen atoms in total. The van der Waals surface area contributed by atoms with E-state index in [1.165, 1.54) is 0 Å². The molecule has 5 heteroatoms. The van der Waals surface area contributed by atoms with Gasteiger partial charge in [0.15, 0.2) is 5.69 Å². The average molecular weight is 438 g/mol. The standard InChI is InChI=1S/C27H24N2O2Si/c1-32(2,3)25-15-14-21-18-28(27(31)29(21)25)22-16-23(19-10-6-4-7-11-19)26(30)24(17-22)20-12-8-5-9-13-20/h4-18H,1-3H3/p+1. The van der Waals surface area contributed by atoms with E-state index < -0.39 is 8.07 Å². The third-order valence-electron chi connectivity index (χ3n) is 5.88. The van der Waals surface area contributed by atoms with Crippen LogP contribution in [0.4, 0.5) is 10.5 Å². The Morgan fingerprint density at radius 1 is 0.781 bits per heavy atom. The van der Waals surface area contributed by atoms with E-state index in [0.717, 1.165) is 27.8 Å². The molecule has 2 heterocycles. The summed E-state index contributed by atoms with van der Waals surface area (Å²) in [4.78, 5) is 13.5.